The standard InChI is InChI=1S/C16H19N3O/c1-12-6-8-18-10-15(12)11-19-16(20)14-4-2-3-13(9-14)5-7-17/h2-4,6,8-10H,5,7,11,17H2,1H3,(H,19,20). The number of rotatable bonds is 5. The number of nitrogens with zero attached hydrogens (tertiary/aromatic N) is 1. The van der Waals surface area contributed by atoms with Crippen LogP contribution in [0.5, 0.6) is 0 Å². The van der Waals surface area contributed by atoms with Gasteiger partial charge in [-0.2, -0.15) is 0 Å². The maximum atomic E-state index is 12.1. The fraction of sp³-hybridized carbons (Fsp3) is 0.250. The van der Waals surface area contributed by atoms with Crippen molar-refractivity contribution in [2.24, 2.45) is 5.73 Å². The molecule has 0 atom stereocenters. The normalized spacial score (nSPS) is 10.3. The highest BCUT2D eigenvalue weighted by Crippen LogP contribution is 2.08. The summed E-state index contributed by atoms with van der Waals surface area (Å²) in [6, 6.07) is 9.50. The molecule has 104 valence electrons. The Balaban J connectivity index is 2.01. The minimum atomic E-state index is -0.0767. The lowest BCUT2D eigenvalue weighted by molar-refractivity contribution is 0.0950. The number of pyridine rings is 1. The third-order valence-corrected chi connectivity index (χ3v) is 3.21. The minimum absolute atomic E-state index is 0.0767. The van der Waals surface area contributed by atoms with Crippen LogP contribution in [0, 0.1) is 6.92 Å². The summed E-state index contributed by atoms with van der Waals surface area (Å²) < 4.78 is 0. The number of benzene rings is 1. The molecular formula is C16H19N3O. The summed E-state index contributed by atoms with van der Waals surface area (Å²) >= 11 is 0. The summed E-state index contributed by atoms with van der Waals surface area (Å²) in [5.41, 5.74) is 9.43. The number of aromatic nitrogens is 1. The Morgan fingerprint density at radius 3 is 2.95 bits per heavy atom. The second-order valence-corrected chi connectivity index (χ2v) is 4.72. The van der Waals surface area contributed by atoms with Gasteiger partial charge in [-0.15, -0.1) is 0 Å². The van der Waals surface area contributed by atoms with Gasteiger partial charge in [0.05, 0.1) is 0 Å². The van der Waals surface area contributed by atoms with Gasteiger partial charge in [-0.05, 0) is 54.8 Å². The van der Waals surface area contributed by atoms with Crippen LogP contribution in [-0.2, 0) is 13.0 Å². The molecule has 1 heterocycles. The Morgan fingerprint density at radius 1 is 1.35 bits per heavy atom. The number of nitrogens with one attached hydrogen (secondary N) is 1. The molecule has 0 aliphatic heterocycles. The zero-order chi connectivity index (χ0) is 14.4. The van der Waals surface area contributed by atoms with Crippen molar-refractivity contribution < 1.29 is 4.79 Å². The SMILES string of the molecule is Cc1ccncc1CNC(=O)c1cccc(CCN)c1. The Hall–Kier alpha value is -2.20. The molecule has 20 heavy (non-hydrogen) atoms. The van der Waals surface area contributed by atoms with Crippen LogP contribution in [0.2, 0.25) is 0 Å². The lowest BCUT2D eigenvalue weighted by Gasteiger charge is -2.08. The van der Waals surface area contributed by atoms with Crippen molar-refractivity contribution >= 4 is 5.91 Å². The second-order valence-electron chi connectivity index (χ2n) is 4.72. The van der Waals surface area contributed by atoms with Crippen LogP contribution < -0.4 is 11.1 Å². The molecule has 0 spiro atoms. The third kappa shape index (κ3) is 3.65. The Bertz CT molecular complexity index is 596. The molecule has 0 saturated carbocycles. The van der Waals surface area contributed by atoms with Gasteiger partial charge in [-0.1, -0.05) is 12.1 Å². The summed E-state index contributed by atoms with van der Waals surface area (Å²) in [7, 11) is 0. The predicted molar refractivity (Wildman–Crippen MR) is 79.3 cm³/mol. The maximum absolute atomic E-state index is 12.1. The number of nitrogens with two attached hydrogens (primary N) is 1. The van der Waals surface area contributed by atoms with E-state index in [1.54, 1.807) is 12.4 Å². The van der Waals surface area contributed by atoms with E-state index in [-0.39, 0.29) is 5.91 Å². The molecule has 0 bridgehead atoms. The molecule has 1 aromatic carbocycles. The fourth-order valence-corrected chi connectivity index (χ4v) is 1.99. The number of aryl methyl sites for hydroxylation is 1. The first-order valence-electron chi connectivity index (χ1n) is 6.67. The third-order valence-electron chi connectivity index (χ3n) is 3.21. The molecule has 0 aliphatic rings. The lowest BCUT2D eigenvalue weighted by atomic mass is 10.1. The molecule has 1 aromatic heterocycles. The van der Waals surface area contributed by atoms with Gasteiger partial charge in [0.1, 0.15) is 0 Å². The van der Waals surface area contributed by atoms with E-state index in [9.17, 15) is 4.79 Å². The fourth-order valence-electron chi connectivity index (χ4n) is 1.99. The van der Waals surface area contributed by atoms with Gasteiger partial charge >= 0.3 is 0 Å². The number of amides is 1. The molecular weight excluding hydrogens is 250 g/mol. The first-order valence-corrected chi connectivity index (χ1v) is 6.67. The number of carbonyl (C=O) groups is 1. The van der Waals surface area contributed by atoms with Crippen LogP contribution in [0.1, 0.15) is 27.0 Å². The van der Waals surface area contributed by atoms with Gasteiger partial charge in [-0.25, -0.2) is 0 Å². The van der Waals surface area contributed by atoms with Crippen LogP contribution >= 0.6 is 0 Å². The number of hydrogen-bond acceptors (Lipinski definition) is 3. The average Bonchev–Trinajstić information content (AvgIpc) is 2.47. The van der Waals surface area contributed by atoms with Gasteiger partial charge in [-0.3, -0.25) is 9.78 Å². The molecule has 0 unspecified atom stereocenters. The van der Waals surface area contributed by atoms with E-state index in [2.05, 4.69) is 10.3 Å². The largest absolute Gasteiger partial charge is 0.348 e. The van der Waals surface area contributed by atoms with Gasteiger partial charge < -0.3 is 11.1 Å². The molecule has 0 fully saturated rings. The number of carbonyl (C=O) groups excluding carboxylic acids is 1. The summed E-state index contributed by atoms with van der Waals surface area (Å²) in [4.78, 5) is 16.2. The molecule has 4 heteroatoms. The molecule has 2 aromatic rings. The monoisotopic (exact) mass is 269 g/mol. The average molecular weight is 269 g/mol. The first-order chi connectivity index (χ1) is 9.70. The highest BCUT2D eigenvalue weighted by molar-refractivity contribution is 5.94. The van der Waals surface area contributed by atoms with Crippen molar-refractivity contribution in [2.75, 3.05) is 6.54 Å². The van der Waals surface area contributed by atoms with Gasteiger partial charge in [0, 0.05) is 24.5 Å². The van der Waals surface area contributed by atoms with E-state index >= 15 is 0 Å². The molecule has 0 aliphatic carbocycles. The topological polar surface area (TPSA) is 68.0 Å². The summed E-state index contributed by atoms with van der Waals surface area (Å²) in [5, 5.41) is 2.92. The van der Waals surface area contributed by atoms with Crippen LogP contribution in [0.25, 0.3) is 0 Å². The zero-order valence-corrected chi connectivity index (χ0v) is 11.6. The Labute approximate surface area is 119 Å². The quantitative estimate of drug-likeness (QED) is 0.870. The highest BCUT2D eigenvalue weighted by Gasteiger charge is 2.06. The van der Waals surface area contributed by atoms with Crippen LogP contribution in [0.4, 0.5) is 0 Å². The second kappa shape index (κ2) is 6.82. The van der Waals surface area contributed by atoms with Crippen LogP contribution in [-0.4, -0.2) is 17.4 Å². The van der Waals surface area contributed by atoms with Crippen molar-refractivity contribution in [3.05, 3.63) is 65.0 Å². The highest BCUT2D eigenvalue weighted by atomic mass is 16.1. The summed E-state index contributed by atoms with van der Waals surface area (Å²) in [6.45, 7) is 3.07. The molecule has 4 nitrogen and oxygen atoms in total. The maximum Gasteiger partial charge on any atom is 0.251 e. The Kier molecular flexibility index (Phi) is 4.85. The smallest absolute Gasteiger partial charge is 0.251 e. The van der Waals surface area contributed by atoms with Crippen LogP contribution in [0.3, 0.4) is 0 Å². The van der Waals surface area contributed by atoms with E-state index in [0.717, 1.165) is 23.1 Å². The van der Waals surface area contributed by atoms with E-state index < -0.39 is 0 Å². The first kappa shape index (κ1) is 14.2. The van der Waals surface area contributed by atoms with E-state index in [1.807, 2.05) is 37.3 Å². The number of hydrogen-bond donors (Lipinski definition) is 2. The van der Waals surface area contributed by atoms with E-state index in [1.165, 1.54) is 0 Å². The van der Waals surface area contributed by atoms with Gasteiger partial charge in [0.15, 0.2) is 0 Å². The van der Waals surface area contributed by atoms with Crippen molar-refractivity contribution in [1.29, 1.82) is 0 Å². The predicted octanol–water partition coefficient (Wildman–Crippen LogP) is 1.82. The summed E-state index contributed by atoms with van der Waals surface area (Å²) in [6.07, 6.45) is 4.31. The van der Waals surface area contributed by atoms with Crippen LogP contribution in [0.15, 0.2) is 42.7 Å². The minimum Gasteiger partial charge on any atom is -0.348 e. The van der Waals surface area contributed by atoms with Crippen molar-refractivity contribution in [3.8, 4) is 0 Å². The van der Waals surface area contributed by atoms with E-state index in [4.69, 9.17) is 5.73 Å². The molecule has 0 radical (unpaired) electrons. The zero-order valence-electron chi connectivity index (χ0n) is 11.6. The van der Waals surface area contributed by atoms with Crippen molar-refractivity contribution in [3.63, 3.8) is 0 Å². The van der Waals surface area contributed by atoms with Crippen molar-refractivity contribution in [1.82, 2.24) is 10.3 Å². The van der Waals surface area contributed by atoms with E-state index in [0.29, 0.717) is 18.7 Å². The van der Waals surface area contributed by atoms with Crippen molar-refractivity contribution in [2.45, 2.75) is 19.9 Å². The summed E-state index contributed by atoms with van der Waals surface area (Å²) in [5.74, 6) is -0.0767. The molecule has 1 amide bonds. The van der Waals surface area contributed by atoms with Gasteiger partial charge in [0.25, 0.3) is 5.91 Å². The Morgan fingerprint density at radius 2 is 2.20 bits per heavy atom. The lowest BCUT2D eigenvalue weighted by Crippen LogP contribution is -2.23. The molecule has 2 rings (SSSR count). The molecule has 3 N–H and O–H groups in total. The van der Waals surface area contributed by atoms with Gasteiger partial charge in [0.2, 0.25) is 0 Å². The molecule has 0 saturated heterocycles.